The van der Waals surface area contributed by atoms with Crippen molar-refractivity contribution in [1.29, 1.82) is 5.26 Å². The molecule has 0 aliphatic heterocycles. The van der Waals surface area contributed by atoms with Crippen molar-refractivity contribution in [2.75, 3.05) is 6.61 Å². The van der Waals surface area contributed by atoms with Crippen molar-refractivity contribution in [2.45, 2.75) is 6.36 Å². The first-order chi connectivity index (χ1) is 7.01. The number of ether oxygens (including phenoxy) is 2. The lowest BCUT2D eigenvalue weighted by molar-refractivity contribution is -0.274. The molecule has 1 rings (SSSR count). The highest BCUT2D eigenvalue weighted by atomic mass is 19.4. The number of hydrogen-bond donors (Lipinski definition) is 0. The van der Waals surface area contributed by atoms with Crippen LogP contribution in [0.4, 0.5) is 13.2 Å². The van der Waals surface area contributed by atoms with Crippen LogP contribution in [-0.4, -0.2) is 13.0 Å². The van der Waals surface area contributed by atoms with Gasteiger partial charge in [-0.3, -0.25) is 0 Å². The molecule has 3 nitrogen and oxygen atoms in total. The molecule has 0 saturated heterocycles. The van der Waals surface area contributed by atoms with Crippen LogP contribution in [0, 0.1) is 11.3 Å². The van der Waals surface area contributed by atoms with E-state index in [9.17, 15) is 13.2 Å². The maximum atomic E-state index is 11.7. The van der Waals surface area contributed by atoms with Crippen LogP contribution >= 0.6 is 0 Å². The second-order valence-electron chi connectivity index (χ2n) is 2.47. The van der Waals surface area contributed by atoms with Gasteiger partial charge < -0.3 is 9.47 Å². The zero-order valence-electron chi connectivity index (χ0n) is 7.41. The van der Waals surface area contributed by atoms with Gasteiger partial charge in [-0.05, 0) is 24.3 Å². The number of halogens is 3. The Labute approximate surface area is 83.6 Å². The second kappa shape index (κ2) is 4.55. The van der Waals surface area contributed by atoms with Crippen LogP contribution in [0.5, 0.6) is 11.5 Å². The first kappa shape index (κ1) is 11.2. The molecular formula is C9H6F3NO2. The quantitative estimate of drug-likeness (QED) is 0.781. The molecule has 0 aliphatic rings. The molecule has 0 aliphatic carbocycles. The van der Waals surface area contributed by atoms with E-state index in [0.29, 0.717) is 5.75 Å². The van der Waals surface area contributed by atoms with Gasteiger partial charge in [-0.2, -0.15) is 5.26 Å². The summed E-state index contributed by atoms with van der Waals surface area (Å²) in [5.74, 6) is -0.0158. The number of hydrogen-bond acceptors (Lipinski definition) is 3. The van der Waals surface area contributed by atoms with Crippen molar-refractivity contribution in [3.8, 4) is 17.6 Å². The molecule has 0 radical (unpaired) electrons. The van der Waals surface area contributed by atoms with E-state index in [2.05, 4.69) is 4.74 Å². The summed E-state index contributed by atoms with van der Waals surface area (Å²) in [6.45, 7) is -0.153. The summed E-state index contributed by atoms with van der Waals surface area (Å²) < 4.78 is 43.7. The SMILES string of the molecule is N#CCOc1ccc(OC(F)(F)F)cc1. The highest BCUT2D eigenvalue weighted by Crippen LogP contribution is 2.24. The largest absolute Gasteiger partial charge is 0.573 e. The first-order valence-corrected chi connectivity index (χ1v) is 3.87. The van der Waals surface area contributed by atoms with E-state index in [0.717, 1.165) is 12.1 Å². The van der Waals surface area contributed by atoms with Crippen molar-refractivity contribution >= 4 is 0 Å². The fraction of sp³-hybridized carbons (Fsp3) is 0.222. The molecule has 0 amide bonds. The van der Waals surface area contributed by atoms with Gasteiger partial charge in [0.05, 0.1) is 0 Å². The van der Waals surface area contributed by atoms with E-state index < -0.39 is 6.36 Å². The average Bonchev–Trinajstić information content (AvgIpc) is 2.14. The Morgan fingerprint density at radius 2 is 1.67 bits per heavy atom. The maximum absolute atomic E-state index is 11.7. The van der Waals surface area contributed by atoms with Crippen molar-refractivity contribution in [1.82, 2.24) is 0 Å². The summed E-state index contributed by atoms with van der Waals surface area (Å²) in [6, 6.07) is 6.54. The first-order valence-electron chi connectivity index (χ1n) is 3.87. The van der Waals surface area contributed by atoms with Crippen molar-refractivity contribution in [3.05, 3.63) is 24.3 Å². The Bertz CT molecular complexity index is 353. The Balaban J connectivity index is 2.61. The Hall–Kier alpha value is -1.90. The molecule has 0 saturated carbocycles. The van der Waals surface area contributed by atoms with Crippen LogP contribution in [0.1, 0.15) is 0 Å². The lowest BCUT2D eigenvalue weighted by Gasteiger charge is -2.08. The van der Waals surface area contributed by atoms with Gasteiger partial charge >= 0.3 is 6.36 Å². The third kappa shape index (κ3) is 4.22. The van der Waals surface area contributed by atoms with Crippen LogP contribution < -0.4 is 9.47 Å². The normalized spacial score (nSPS) is 10.5. The minimum Gasteiger partial charge on any atom is -0.479 e. The molecule has 15 heavy (non-hydrogen) atoms. The van der Waals surface area contributed by atoms with Gasteiger partial charge in [-0.25, -0.2) is 0 Å². The van der Waals surface area contributed by atoms with Gasteiger partial charge in [-0.1, -0.05) is 0 Å². The standard InChI is InChI=1S/C9H6F3NO2/c10-9(11,12)15-8-3-1-7(2-4-8)14-6-5-13/h1-4H,6H2. The fourth-order valence-electron chi connectivity index (χ4n) is 0.853. The molecule has 6 heteroatoms. The van der Waals surface area contributed by atoms with Gasteiger partial charge in [0.25, 0.3) is 0 Å². The molecule has 0 fully saturated rings. The predicted molar refractivity (Wildman–Crippen MR) is 44.2 cm³/mol. The van der Waals surface area contributed by atoms with Crippen molar-refractivity contribution in [3.63, 3.8) is 0 Å². The molecule has 1 aromatic rings. The zero-order valence-corrected chi connectivity index (χ0v) is 7.41. The van der Waals surface area contributed by atoms with Gasteiger partial charge in [0.15, 0.2) is 6.61 Å². The van der Waals surface area contributed by atoms with Gasteiger partial charge in [0.2, 0.25) is 0 Å². The molecule has 0 atom stereocenters. The van der Waals surface area contributed by atoms with Crippen LogP contribution in [0.25, 0.3) is 0 Å². The molecule has 0 aromatic heterocycles. The molecule has 0 spiro atoms. The van der Waals surface area contributed by atoms with E-state index in [1.54, 1.807) is 6.07 Å². The number of rotatable bonds is 3. The highest BCUT2D eigenvalue weighted by Gasteiger charge is 2.30. The molecule has 0 N–H and O–H groups in total. The number of nitrogens with zero attached hydrogens (tertiary/aromatic N) is 1. The van der Waals surface area contributed by atoms with E-state index in [4.69, 9.17) is 10.00 Å². The van der Waals surface area contributed by atoms with Gasteiger partial charge in [0, 0.05) is 0 Å². The van der Waals surface area contributed by atoms with Gasteiger partial charge in [-0.15, -0.1) is 13.2 Å². The fourth-order valence-corrected chi connectivity index (χ4v) is 0.853. The Morgan fingerprint density at radius 1 is 1.13 bits per heavy atom. The molecule has 0 unspecified atom stereocenters. The third-order valence-corrected chi connectivity index (χ3v) is 1.36. The summed E-state index contributed by atoms with van der Waals surface area (Å²) in [5.41, 5.74) is 0. The van der Waals surface area contributed by atoms with E-state index in [-0.39, 0.29) is 12.4 Å². The molecular weight excluding hydrogens is 211 g/mol. The van der Waals surface area contributed by atoms with E-state index >= 15 is 0 Å². The van der Waals surface area contributed by atoms with Crippen molar-refractivity contribution < 1.29 is 22.6 Å². The smallest absolute Gasteiger partial charge is 0.479 e. The second-order valence-corrected chi connectivity index (χ2v) is 2.47. The van der Waals surface area contributed by atoms with Crippen LogP contribution in [0.2, 0.25) is 0 Å². The molecule has 0 bridgehead atoms. The number of nitriles is 1. The monoisotopic (exact) mass is 217 g/mol. The number of benzene rings is 1. The summed E-state index contributed by atoms with van der Waals surface area (Å²) in [5, 5.41) is 8.19. The minimum absolute atomic E-state index is 0.153. The van der Waals surface area contributed by atoms with Gasteiger partial charge in [0.1, 0.15) is 17.6 Å². The third-order valence-electron chi connectivity index (χ3n) is 1.36. The summed E-state index contributed by atoms with van der Waals surface area (Å²) in [6.07, 6.45) is -4.70. The Morgan fingerprint density at radius 3 is 2.13 bits per heavy atom. The molecule has 1 aromatic carbocycles. The maximum Gasteiger partial charge on any atom is 0.573 e. The Kier molecular flexibility index (Phi) is 3.39. The topological polar surface area (TPSA) is 42.2 Å². The van der Waals surface area contributed by atoms with Crippen LogP contribution in [0.3, 0.4) is 0 Å². The lowest BCUT2D eigenvalue weighted by atomic mass is 10.3. The zero-order chi connectivity index (χ0) is 11.3. The highest BCUT2D eigenvalue weighted by molar-refractivity contribution is 5.31. The summed E-state index contributed by atoms with van der Waals surface area (Å²) in [7, 11) is 0. The minimum atomic E-state index is -4.70. The average molecular weight is 217 g/mol. The molecule has 80 valence electrons. The van der Waals surface area contributed by atoms with Crippen molar-refractivity contribution in [2.24, 2.45) is 0 Å². The van der Waals surface area contributed by atoms with Crippen LogP contribution in [0.15, 0.2) is 24.3 Å². The molecule has 0 heterocycles. The summed E-state index contributed by atoms with van der Waals surface area (Å²) >= 11 is 0. The number of alkyl halides is 3. The predicted octanol–water partition coefficient (Wildman–Crippen LogP) is 2.49. The lowest BCUT2D eigenvalue weighted by Crippen LogP contribution is -2.16. The van der Waals surface area contributed by atoms with E-state index in [1.165, 1.54) is 12.1 Å². The van der Waals surface area contributed by atoms with Crippen LogP contribution in [-0.2, 0) is 0 Å². The summed E-state index contributed by atoms with van der Waals surface area (Å²) in [4.78, 5) is 0. The van der Waals surface area contributed by atoms with E-state index in [1.807, 2.05) is 0 Å².